The van der Waals surface area contributed by atoms with Crippen LogP contribution in [-0.4, -0.2) is 28.6 Å². The Morgan fingerprint density at radius 3 is 2.23 bits per heavy atom. The molecule has 0 aliphatic carbocycles. The molecule has 26 heavy (non-hydrogen) atoms. The second-order valence-corrected chi connectivity index (χ2v) is 8.40. The molecule has 0 amide bonds. The van der Waals surface area contributed by atoms with Crippen LogP contribution in [0.2, 0.25) is 0 Å². The molecular weight excluding hydrogens is 322 g/mol. The van der Waals surface area contributed by atoms with E-state index in [4.69, 9.17) is 0 Å². The molecular formula is C21H31N5. The number of nitrogens with one attached hydrogen (secondary N) is 2. The van der Waals surface area contributed by atoms with Crippen LogP contribution in [0.5, 0.6) is 0 Å². The highest BCUT2D eigenvalue weighted by molar-refractivity contribution is 5.62. The van der Waals surface area contributed by atoms with Crippen LogP contribution in [0.3, 0.4) is 0 Å². The van der Waals surface area contributed by atoms with Gasteiger partial charge in [-0.3, -0.25) is 0 Å². The Morgan fingerprint density at radius 2 is 1.62 bits per heavy atom. The lowest BCUT2D eigenvalue weighted by Crippen LogP contribution is -2.32. The third kappa shape index (κ3) is 5.10. The normalized spacial score (nSPS) is 15.8. The summed E-state index contributed by atoms with van der Waals surface area (Å²) in [6, 6.07) is 10.6. The molecule has 0 radical (unpaired) electrons. The van der Waals surface area contributed by atoms with Crippen LogP contribution in [0.15, 0.2) is 30.3 Å². The summed E-state index contributed by atoms with van der Waals surface area (Å²) >= 11 is 0. The summed E-state index contributed by atoms with van der Waals surface area (Å²) < 4.78 is 0. The molecule has 3 rings (SSSR count). The number of hydrogen-bond donors (Lipinski definition) is 2. The Kier molecular flexibility index (Phi) is 5.35. The summed E-state index contributed by atoms with van der Waals surface area (Å²) in [4.78, 5) is 11.5. The van der Waals surface area contributed by atoms with E-state index in [1.807, 2.05) is 13.0 Å². The van der Waals surface area contributed by atoms with E-state index in [1.165, 1.54) is 18.5 Å². The van der Waals surface area contributed by atoms with Crippen molar-refractivity contribution in [1.29, 1.82) is 0 Å². The van der Waals surface area contributed by atoms with Gasteiger partial charge in [0.25, 0.3) is 0 Å². The molecule has 5 nitrogen and oxygen atoms in total. The van der Waals surface area contributed by atoms with Crippen molar-refractivity contribution in [2.24, 2.45) is 5.92 Å². The van der Waals surface area contributed by atoms with Gasteiger partial charge in [0.2, 0.25) is 0 Å². The molecule has 2 heterocycles. The predicted molar refractivity (Wildman–Crippen MR) is 110 cm³/mol. The van der Waals surface area contributed by atoms with E-state index < -0.39 is 0 Å². The van der Waals surface area contributed by atoms with Gasteiger partial charge in [-0.15, -0.1) is 0 Å². The Labute approximate surface area is 157 Å². The molecule has 0 spiro atoms. The van der Waals surface area contributed by atoms with E-state index in [2.05, 4.69) is 77.5 Å². The van der Waals surface area contributed by atoms with Crippen molar-refractivity contribution in [3.8, 4) is 0 Å². The Balaban J connectivity index is 1.69. The lowest BCUT2D eigenvalue weighted by molar-refractivity contribution is 0.438. The van der Waals surface area contributed by atoms with Crippen LogP contribution in [0, 0.1) is 12.8 Å². The first kappa shape index (κ1) is 18.5. The van der Waals surface area contributed by atoms with Gasteiger partial charge in [0.1, 0.15) is 17.5 Å². The minimum atomic E-state index is -0.0361. The van der Waals surface area contributed by atoms with Crippen LogP contribution < -0.4 is 15.5 Å². The van der Waals surface area contributed by atoms with Crippen molar-refractivity contribution in [3.05, 3.63) is 36.2 Å². The molecule has 0 unspecified atom stereocenters. The van der Waals surface area contributed by atoms with Gasteiger partial charge >= 0.3 is 0 Å². The highest BCUT2D eigenvalue weighted by atomic mass is 15.1. The van der Waals surface area contributed by atoms with E-state index in [1.54, 1.807) is 0 Å². The van der Waals surface area contributed by atoms with Gasteiger partial charge in [-0.2, -0.15) is 0 Å². The number of anilines is 4. The van der Waals surface area contributed by atoms with Crippen molar-refractivity contribution in [2.45, 2.75) is 53.0 Å². The summed E-state index contributed by atoms with van der Waals surface area (Å²) in [6.07, 6.45) is 2.56. The Hall–Kier alpha value is -2.30. The first-order chi connectivity index (χ1) is 12.3. The highest BCUT2D eigenvalue weighted by Gasteiger charge is 2.16. The molecule has 2 N–H and O–H groups in total. The van der Waals surface area contributed by atoms with E-state index >= 15 is 0 Å². The lowest BCUT2D eigenvalue weighted by Gasteiger charge is -2.32. The minimum Gasteiger partial charge on any atom is -0.372 e. The zero-order valence-electron chi connectivity index (χ0n) is 16.6. The van der Waals surface area contributed by atoms with Gasteiger partial charge in [0, 0.05) is 36.1 Å². The molecule has 2 aromatic rings. The summed E-state index contributed by atoms with van der Waals surface area (Å²) in [5.41, 5.74) is 2.31. The van der Waals surface area contributed by atoms with E-state index in [-0.39, 0.29) is 5.54 Å². The number of nitrogens with zero attached hydrogens (tertiary/aromatic N) is 3. The second kappa shape index (κ2) is 7.52. The van der Waals surface area contributed by atoms with Crippen LogP contribution >= 0.6 is 0 Å². The van der Waals surface area contributed by atoms with Crippen molar-refractivity contribution < 1.29 is 0 Å². The van der Waals surface area contributed by atoms with E-state index in [9.17, 15) is 0 Å². The van der Waals surface area contributed by atoms with Crippen LogP contribution in [0.1, 0.15) is 46.4 Å². The van der Waals surface area contributed by atoms with Crippen molar-refractivity contribution in [2.75, 3.05) is 28.6 Å². The Morgan fingerprint density at radius 1 is 1.00 bits per heavy atom. The number of benzene rings is 1. The molecule has 1 aliphatic rings. The van der Waals surface area contributed by atoms with Crippen LogP contribution in [0.4, 0.5) is 23.0 Å². The maximum absolute atomic E-state index is 4.51. The monoisotopic (exact) mass is 353 g/mol. The molecule has 0 saturated carbocycles. The Bertz CT molecular complexity index is 725. The molecule has 1 saturated heterocycles. The smallest absolute Gasteiger partial charge is 0.136 e. The predicted octanol–water partition coefficient (Wildman–Crippen LogP) is 4.98. The van der Waals surface area contributed by atoms with Crippen LogP contribution in [0.25, 0.3) is 0 Å². The van der Waals surface area contributed by atoms with Crippen molar-refractivity contribution in [1.82, 2.24) is 9.97 Å². The zero-order chi connectivity index (χ0) is 18.7. The van der Waals surface area contributed by atoms with Gasteiger partial charge in [-0.05, 0) is 70.7 Å². The van der Waals surface area contributed by atoms with Crippen LogP contribution in [-0.2, 0) is 0 Å². The van der Waals surface area contributed by atoms with Gasteiger partial charge in [0.05, 0.1) is 0 Å². The number of aryl methyl sites for hydroxylation is 1. The maximum atomic E-state index is 4.51. The molecule has 1 fully saturated rings. The SMILES string of the molecule is Cc1nc(Nc2ccc(N3CCC(C)CC3)cc2)cc(NC(C)(C)C)n1. The fourth-order valence-corrected chi connectivity index (χ4v) is 3.25. The molecule has 5 heteroatoms. The first-order valence-electron chi connectivity index (χ1n) is 9.54. The number of aromatic nitrogens is 2. The molecule has 0 atom stereocenters. The summed E-state index contributed by atoms with van der Waals surface area (Å²) in [5.74, 6) is 3.25. The van der Waals surface area contributed by atoms with E-state index in [0.717, 1.165) is 42.2 Å². The van der Waals surface area contributed by atoms with Gasteiger partial charge < -0.3 is 15.5 Å². The lowest BCUT2D eigenvalue weighted by atomic mass is 9.99. The number of rotatable bonds is 4. The fourth-order valence-electron chi connectivity index (χ4n) is 3.25. The largest absolute Gasteiger partial charge is 0.372 e. The quantitative estimate of drug-likeness (QED) is 0.812. The maximum Gasteiger partial charge on any atom is 0.136 e. The molecule has 140 valence electrons. The summed E-state index contributed by atoms with van der Waals surface area (Å²) in [6.45, 7) is 12.9. The van der Waals surface area contributed by atoms with Gasteiger partial charge in [-0.1, -0.05) is 6.92 Å². The zero-order valence-corrected chi connectivity index (χ0v) is 16.6. The van der Waals surface area contributed by atoms with Gasteiger partial charge in [0.15, 0.2) is 0 Å². The van der Waals surface area contributed by atoms with Gasteiger partial charge in [-0.25, -0.2) is 9.97 Å². The summed E-state index contributed by atoms with van der Waals surface area (Å²) in [5, 5.41) is 6.80. The second-order valence-electron chi connectivity index (χ2n) is 8.40. The average molecular weight is 354 g/mol. The number of piperidine rings is 1. The molecule has 0 bridgehead atoms. The molecule has 1 aromatic heterocycles. The highest BCUT2D eigenvalue weighted by Crippen LogP contribution is 2.26. The third-order valence-electron chi connectivity index (χ3n) is 4.63. The van der Waals surface area contributed by atoms with E-state index in [0.29, 0.717) is 0 Å². The average Bonchev–Trinajstić information content (AvgIpc) is 2.54. The fraction of sp³-hybridized carbons (Fsp3) is 0.524. The van der Waals surface area contributed by atoms with Crippen molar-refractivity contribution >= 4 is 23.0 Å². The standard InChI is InChI=1S/C21H31N5/c1-15-10-12-26(13-11-15)18-8-6-17(7-9-18)24-19-14-20(23-16(2)22-19)25-21(3,4)5/h6-9,14-15H,10-13H2,1-5H3,(H2,22,23,24,25). The molecule has 1 aromatic carbocycles. The molecule has 1 aliphatic heterocycles. The minimum absolute atomic E-state index is 0.0361. The van der Waals surface area contributed by atoms with Crippen molar-refractivity contribution in [3.63, 3.8) is 0 Å². The topological polar surface area (TPSA) is 53.1 Å². The third-order valence-corrected chi connectivity index (χ3v) is 4.63. The summed E-state index contributed by atoms with van der Waals surface area (Å²) in [7, 11) is 0. The number of hydrogen-bond acceptors (Lipinski definition) is 5. The first-order valence-corrected chi connectivity index (χ1v) is 9.54.